The first kappa shape index (κ1) is 11.4. The summed E-state index contributed by atoms with van der Waals surface area (Å²) in [5, 5.41) is 0. The SMILES string of the molecule is CCCC(F)C(OC)C(=O)OC. The average molecular weight is 178 g/mol. The zero-order chi connectivity index (χ0) is 9.56. The third kappa shape index (κ3) is 3.17. The molecule has 0 rings (SSSR count). The third-order valence-corrected chi connectivity index (χ3v) is 1.58. The van der Waals surface area contributed by atoms with Crippen molar-refractivity contribution in [1.29, 1.82) is 0 Å². The third-order valence-electron chi connectivity index (χ3n) is 1.58. The topological polar surface area (TPSA) is 35.5 Å². The Morgan fingerprint density at radius 3 is 2.42 bits per heavy atom. The Kier molecular flexibility index (Phi) is 5.62. The van der Waals surface area contributed by atoms with Crippen molar-refractivity contribution in [3.8, 4) is 0 Å². The van der Waals surface area contributed by atoms with Gasteiger partial charge in [-0.25, -0.2) is 9.18 Å². The van der Waals surface area contributed by atoms with Gasteiger partial charge in [-0.2, -0.15) is 0 Å². The summed E-state index contributed by atoms with van der Waals surface area (Å²) in [5.41, 5.74) is 0. The van der Waals surface area contributed by atoms with Crippen molar-refractivity contribution in [2.24, 2.45) is 0 Å². The molecule has 0 radical (unpaired) electrons. The van der Waals surface area contributed by atoms with Crippen molar-refractivity contribution >= 4 is 5.97 Å². The van der Waals surface area contributed by atoms with E-state index in [0.717, 1.165) is 0 Å². The summed E-state index contributed by atoms with van der Waals surface area (Å²) in [5.74, 6) is -0.654. The maximum atomic E-state index is 13.1. The molecule has 3 nitrogen and oxygen atoms in total. The lowest BCUT2D eigenvalue weighted by atomic mass is 10.1. The summed E-state index contributed by atoms with van der Waals surface area (Å²) in [6, 6.07) is 0. The van der Waals surface area contributed by atoms with Gasteiger partial charge in [-0.15, -0.1) is 0 Å². The van der Waals surface area contributed by atoms with Crippen LogP contribution in [0.25, 0.3) is 0 Å². The van der Waals surface area contributed by atoms with Gasteiger partial charge in [-0.3, -0.25) is 0 Å². The van der Waals surface area contributed by atoms with Gasteiger partial charge in [0.15, 0.2) is 6.10 Å². The van der Waals surface area contributed by atoms with Crippen LogP contribution in [0.5, 0.6) is 0 Å². The minimum Gasteiger partial charge on any atom is -0.467 e. The summed E-state index contributed by atoms with van der Waals surface area (Å²) in [4.78, 5) is 10.9. The quantitative estimate of drug-likeness (QED) is 0.595. The molecule has 0 saturated heterocycles. The zero-order valence-corrected chi connectivity index (χ0v) is 7.67. The van der Waals surface area contributed by atoms with E-state index in [0.29, 0.717) is 12.8 Å². The first-order valence-corrected chi connectivity index (χ1v) is 3.92. The van der Waals surface area contributed by atoms with Crippen molar-refractivity contribution in [3.63, 3.8) is 0 Å². The van der Waals surface area contributed by atoms with Gasteiger partial charge in [0.2, 0.25) is 0 Å². The first-order valence-electron chi connectivity index (χ1n) is 3.92. The van der Waals surface area contributed by atoms with Crippen LogP contribution in [-0.2, 0) is 14.3 Å². The number of esters is 1. The van der Waals surface area contributed by atoms with Gasteiger partial charge in [-0.05, 0) is 6.42 Å². The van der Waals surface area contributed by atoms with E-state index in [4.69, 9.17) is 0 Å². The minimum atomic E-state index is -1.27. The fraction of sp³-hybridized carbons (Fsp3) is 0.875. The van der Waals surface area contributed by atoms with Crippen LogP contribution < -0.4 is 0 Å². The van der Waals surface area contributed by atoms with Crippen LogP contribution in [0, 0.1) is 0 Å². The van der Waals surface area contributed by atoms with Crippen LogP contribution >= 0.6 is 0 Å². The number of rotatable bonds is 5. The molecule has 0 aromatic carbocycles. The average Bonchev–Trinajstić information content (AvgIpc) is 2.06. The molecule has 2 unspecified atom stereocenters. The number of hydrogen-bond donors (Lipinski definition) is 0. The molecule has 2 atom stereocenters. The van der Waals surface area contributed by atoms with Gasteiger partial charge in [0.1, 0.15) is 6.17 Å². The second kappa shape index (κ2) is 5.94. The monoisotopic (exact) mass is 178 g/mol. The van der Waals surface area contributed by atoms with Gasteiger partial charge in [-0.1, -0.05) is 13.3 Å². The predicted molar refractivity (Wildman–Crippen MR) is 42.6 cm³/mol. The fourth-order valence-corrected chi connectivity index (χ4v) is 0.935. The number of carbonyl (C=O) groups is 1. The molecule has 0 aliphatic carbocycles. The van der Waals surface area contributed by atoms with Crippen molar-refractivity contribution in [2.45, 2.75) is 32.0 Å². The summed E-state index contributed by atoms with van der Waals surface area (Å²) < 4.78 is 22.1. The summed E-state index contributed by atoms with van der Waals surface area (Å²) in [7, 11) is 2.51. The first-order chi connectivity index (χ1) is 5.67. The van der Waals surface area contributed by atoms with Crippen LogP contribution in [-0.4, -0.2) is 32.5 Å². The highest BCUT2D eigenvalue weighted by molar-refractivity contribution is 5.75. The highest BCUT2D eigenvalue weighted by Gasteiger charge is 2.28. The highest BCUT2D eigenvalue weighted by atomic mass is 19.1. The molecule has 4 heteroatoms. The van der Waals surface area contributed by atoms with Crippen LogP contribution in [0.1, 0.15) is 19.8 Å². The van der Waals surface area contributed by atoms with Gasteiger partial charge < -0.3 is 9.47 Å². The Labute approximate surface area is 71.8 Å². The Morgan fingerprint density at radius 1 is 1.50 bits per heavy atom. The van der Waals surface area contributed by atoms with E-state index < -0.39 is 18.2 Å². The molecule has 0 aromatic heterocycles. The number of halogens is 1. The molecule has 0 amide bonds. The number of ether oxygens (including phenoxy) is 2. The Hall–Kier alpha value is -0.640. The summed E-state index contributed by atoms with van der Waals surface area (Å²) in [6.45, 7) is 1.84. The second-order valence-corrected chi connectivity index (χ2v) is 2.48. The summed E-state index contributed by atoms with van der Waals surface area (Å²) >= 11 is 0. The van der Waals surface area contributed by atoms with Crippen LogP contribution in [0.4, 0.5) is 4.39 Å². The predicted octanol–water partition coefficient (Wildman–Crippen LogP) is 1.31. The van der Waals surface area contributed by atoms with E-state index in [1.54, 1.807) is 0 Å². The molecule has 0 aromatic rings. The number of alkyl halides is 1. The molecular weight excluding hydrogens is 163 g/mol. The summed E-state index contributed by atoms with van der Waals surface area (Å²) in [6.07, 6.45) is -1.35. The van der Waals surface area contributed by atoms with Crippen LogP contribution in [0.3, 0.4) is 0 Å². The molecule has 12 heavy (non-hydrogen) atoms. The molecule has 0 aliphatic rings. The lowest BCUT2D eigenvalue weighted by molar-refractivity contribution is -0.156. The number of methoxy groups -OCH3 is 2. The lowest BCUT2D eigenvalue weighted by Crippen LogP contribution is -2.33. The van der Waals surface area contributed by atoms with Crippen LogP contribution in [0.2, 0.25) is 0 Å². The van der Waals surface area contributed by atoms with E-state index in [9.17, 15) is 9.18 Å². The normalized spacial score (nSPS) is 15.3. The van der Waals surface area contributed by atoms with Gasteiger partial charge >= 0.3 is 5.97 Å². The molecule has 72 valence electrons. The Bertz CT molecular complexity index is 138. The van der Waals surface area contributed by atoms with E-state index in [1.807, 2.05) is 6.92 Å². The number of carbonyl (C=O) groups excluding carboxylic acids is 1. The van der Waals surface area contributed by atoms with Crippen molar-refractivity contribution in [2.75, 3.05) is 14.2 Å². The van der Waals surface area contributed by atoms with Gasteiger partial charge in [0.25, 0.3) is 0 Å². The van der Waals surface area contributed by atoms with Crippen LogP contribution in [0.15, 0.2) is 0 Å². The van der Waals surface area contributed by atoms with Crippen molar-refractivity contribution < 1.29 is 18.7 Å². The fourth-order valence-electron chi connectivity index (χ4n) is 0.935. The second-order valence-electron chi connectivity index (χ2n) is 2.48. The minimum absolute atomic E-state index is 0.313. The van der Waals surface area contributed by atoms with Gasteiger partial charge in [0, 0.05) is 7.11 Å². The number of hydrogen-bond acceptors (Lipinski definition) is 3. The molecule has 0 fully saturated rings. The maximum absolute atomic E-state index is 13.1. The molecule has 0 heterocycles. The van der Waals surface area contributed by atoms with Gasteiger partial charge in [0.05, 0.1) is 7.11 Å². The van der Waals surface area contributed by atoms with E-state index in [2.05, 4.69) is 9.47 Å². The Morgan fingerprint density at radius 2 is 2.08 bits per heavy atom. The van der Waals surface area contributed by atoms with Crippen molar-refractivity contribution in [3.05, 3.63) is 0 Å². The molecule has 0 aliphatic heterocycles. The van der Waals surface area contributed by atoms with E-state index >= 15 is 0 Å². The maximum Gasteiger partial charge on any atom is 0.338 e. The molecule has 0 saturated carbocycles. The lowest BCUT2D eigenvalue weighted by Gasteiger charge is -2.16. The Balaban J connectivity index is 4.03. The molecule has 0 N–H and O–H groups in total. The molecular formula is C8H15FO3. The molecule has 0 bridgehead atoms. The smallest absolute Gasteiger partial charge is 0.338 e. The standard InChI is InChI=1S/C8H15FO3/c1-4-5-6(9)7(11-2)8(10)12-3/h6-7H,4-5H2,1-3H3. The van der Waals surface area contributed by atoms with Crippen molar-refractivity contribution in [1.82, 2.24) is 0 Å². The largest absolute Gasteiger partial charge is 0.467 e. The molecule has 0 spiro atoms. The van der Waals surface area contributed by atoms with E-state index in [1.165, 1.54) is 14.2 Å². The highest BCUT2D eigenvalue weighted by Crippen LogP contribution is 2.10. The zero-order valence-electron chi connectivity index (χ0n) is 7.67. The van der Waals surface area contributed by atoms with E-state index in [-0.39, 0.29) is 0 Å².